The van der Waals surface area contributed by atoms with Crippen molar-refractivity contribution in [3.05, 3.63) is 66.0 Å². The number of nitrogens with zero attached hydrogens (tertiary/aromatic N) is 4. The molecule has 0 bridgehead atoms. The van der Waals surface area contributed by atoms with Gasteiger partial charge in [-0.15, -0.1) is 0 Å². The van der Waals surface area contributed by atoms with Crippen LogP contribution < -0.4 is 9.80 Å². The molecule has 8 nitrogen and oxygen atoms in total. The number of carboxylic acid groups (broad SMARTS) is 1. The quantitative estimate of drug-likeness (QED) is 0.569. The summed E-state index contributed by atoms with van der Waals surface area (Å²) in [6, 6.07) is 7.62. The SMILES string of the molecule is C[C@H]1CN(C(=O)O)c2cc(-c3cnn(CC(C)(C)O)c3)ccc2N1C(=O)Cc1ccc(F)cc1F. The minimum atomic E-state index is -1.16. The number of anilines is 2. The van der Waals surface area contributed by atoms with E-state index in [-0.39, 0.29) is 25.1 Å². The van der Waals surface area contributed by atoms with Gasteiger partial charge < -0.3 is 15.1 Å². The van der Waals surface area contributed by atoms with Gasteiger partial charge in [-0.05, 0) is 50.1 Å². The molecular weight excluding hydrogens is 458 g/mol. The van der Waals surface area contributed by atoms with Crippen LogP contribution in [-0.2, 0) is 17.8 Å². The van der Waals surface area contributed by atoms with Crippen molar-refractivity contribution in [3.8, 4) is 11.1 Å². The van der Waals surface area contributed by atoms with Gasteiger partial charge in [-0.2, -0.15) is 5.10 Å². The lowest BCUT2D eigenvalue weighted by atomic mass is 10.0. The van der Waals surface area contributed by atoms with Gasteiger partial charge in [0.1, 0.15) is 11.6 Å². The molecule has 4 rings (SSSR count). The average Bonchev–Trinajstić information content (AvgIpc) is 3.21. The molecule has 0 unspecified atom stereocenters. The summed E-state index contributed by atoms with van der Waals surface area (Å²) < 4.78 is 29.0. The van der Waals surface area contributed by atoms with E-state index in [2.05, 4.69) is 5.10 Å². The number of hydrogen-bond acceptors (Lipinski definition) is 4. The van der Waals surface area contributed by atoms with Gasteiger partial charge in [0, 0.05) is 24.4 Å². The molecule has 1 aliphatic heterocycles. The number of rotatable bonds is 5. The number of carbonyl (C=O) groups excluding carboxylic acids is 1. The molecule has 35 heavy (non-hydrogen) atoms. The maximum Gasteiger partial charge on any atom is 0.411 e. The Labute approximate surface area is 201 Å². The molecule has 10 heteroatoms. The molecule has 1 aromatic heterocycles. The van der Waals surface area contributed by atoms with Gasteiger partial charge >= 0.3 is 6.09 Å². The Hall–Kier alpha value is -3.79. The van der Waals surface area contributed by atoms with E-state index in [0.717, 1.165) is 12.1 Å². The molecule has 1 aliphatic rings. The van der Waals surface area contributed by atoms with E-state index in [1.165, 1.54) is 15.9 Å². The monoisotopic (exact) mass is 484 g/mol. The zero-order chi connectivity index (χ0) is 25.5. The first-order chi connectivity index (χ1) is 16.4. The zero-order valence-corrected chi connectivity index (χ0v) is 19.6. The Morgan fingerprint density at radius 2 is 1.86 bits per heavy atom. The van der Waals surface area contributed by atoms with Crippen LogP contribution in [0, 0.1) is 11.6 Å². The fourth-order valence-electron chi connectivity index (χ4n) is 4.27. The summed E-state index contributed by atoms with van der Waals surface area (Å²) in [4.78, 5) is 27.8. The molecule has 2 aromatic carbocycles. The fourth-order valence-corrected chi connectivity index (χ4v) is 4.27. The number of hydrogen-bond donors (Lipinski definition) is 2. The lowest BCUT2D eigenvalue weighted by Gasteiger charge is -2.40. The van der Waals surface area contributed by atoms with Gasteiger partial charge in [0.2, 0.25) is 5.91 Å². The Morgan fingerprint density at radius 3 is 2.51 bits per heavy atom. The van der Waals surface area contributed by atoms with Gasteiger partial charge in [0.15, 0.2) is 0 Å². The summed E-state index contributed by atoms with van der Waals surface area (Å²) in [5, 5.41) is 24.1. The normalized spacial score (nSPS) is 15.8. The summed E-state index contributed by atoms with van der Waals surface area (Å²) in [6.07, 6.45) is 1.90. The van der Waals surface area contributed by atoms with Crippen LogP contribution in [0.3, 0.4) is 0 Å². The molecule has 0 spiro atoms. The van der Waals surface area contributed by atoms with Crippen LogP contribution >= 0.6 is 0 Å². The van der Waals surface area contributed by atoms with Crippen molar-refractivity contribution in [2.45, 2.75) is 45.4 Å². The maximum atomic E-state index is 14.2. The van der Waals surface area contributed by atoms with Crippen molar-refractivity contribution in [2.24, 2.45) is 0 Å². The fraction of sp³-hybridized carbons (Fsp3) is 0.320. The highest BCUT2D eigenvalue weighted by Crippen LogP contribution is 2.39. The van der Waals surface area contributed by atoms with Gasteiger partial charge in [0.05, 0.1) is 42.2 Å². The number of benzene rings is 2. The predicted octanol–water partition coefficient (Wildman–Crippen LogP) is 4.06. The van der Waals surface area contributed by atoms with Crippen LogP contribution in [0.25, 0.3) is 11.1 Å². The lowest BCUT2D eigenvalue weighted by Crippen LogP contribution is -2.52. The van der Waals surface area contributed by atoms with Crippen LogP contribution in [-0.4, -0.2) is 50.2 Å². The van der Waals surface area contributed by atoms with Gasteiger partial charge in [-0.1, -0.05) is 12.1 Å². The predicted molar refractivity (Wildman–Crippen MR) is 126 cm³/mol. The number of fused-ring (bicyclic) bond motifs is 1. The van der Waals surface area contributed by atoms with Crippen molar-refractivity contribution < 1.29 is 28.6 Å². The second-order valence-electron chi connectivity index (χ2n) is 9.36. The van der Waals surface area contributed by atoms with Crippen molar-refractivity contribution in [1.82, 2.24) is 9.78 Å². The third kappa shape index (κ3) is 5.17. The van der Waals surface area contributed by atoms with E-state index in [4.69, 9.17) is 0 Å². The number of amides is 2. The second-order valence-corrected chi connectivity index (χ2v) is 9.36. The van der Waals surface area contributed by atoms with Crippen molar-refractivity contribution in [2.75, 3.05) is 16.3 Å². The molecule has 0 saturated carbocycles. The number of aromatic nitrogens is 2. The molecule has 0 saturated heterocycles. The number of halogens is 2. The van der Waals surface area contributed by atoms with E-state index in [0.29, 0.717) is 22.5 Å². The van der Waals surface area contributed by atoms with E-state index in [1.807, 2.05) is 0 Å². The summed E-state index contributed by atoms with van der Waals surface area (Å²) in [6.45, 7) is 5.36. The van der Waals surface area contributed by atoms with E-state index in [1.54, 1.807) is 56.0 Å². The standard InChI is InChI=1S/C25H26F2N4O4/c1-15-12-30(24(33)34)22-8-16(18-11-28-29(13-18)14-25(2,3)35)5-7-21(22)31(15)23(32)9-17-4-6-19(26)10-20(17)27/h4-8,10-11,13,15,35H,9,12,14H2,1-3H3,(H,33,34)/t15-/m0/s1. The Bertz CT molecular complexity index is 1280. The van der Waals surface area contributed by atoms with Crippen LogP contribution in [0.2, 0.25) is 0 Å². The van der Waals surface area contributed by atoms with E-state index < -0.39 is 35.3 Å². The Morgan fingerprint density at radius 1 is 1.11 bits per heavy atom. The third-order valence-electron chi connectivity index (χ3n) is 5.79. The zero-order valence-electron chi connectivity index (χ0n) is 19.6. The Kier molecular flexibility index (Phi) is 6.33. The highest BCUT2D eigenvalue weighted by molar-refractivity contribution is 6.04. The van der Waals surface area contributed by atoms with E-state index in [9.17, 15) is 28.6 Å². The minimum absolute atomic E-state index is 0.0292. The summed E-state index contributed by atoms with van der Waals surface area (Å²) in [5.74, 6) is -1.97. The van der Waals surface area contributed by atoms with Crippen molar-refractivity contribution in [3.63, 3.8) is 0 Å². The smallest absolute Gasteiger partial charge is 0.411 e. The molecule has 184 valence electrons. The molecule has 0 fully saturated rings. The third-order valence-corrected chi connectivity index (χ3v) is 5.79. The molecular formula is C25H26F2N4O4. The van der Waals surface area contributed by atoms with Crippen molar-refractivity contribution in [1.29, 1.82) is 0 Å². The van der Waals surface area contributed by atoms with Gasteiger partial charge in [-0.3, -0.25) is 14.4 Å². The largest absolute Gasteiger partial charge is 0.465 e. The molecule has 3 aromatic rings. The molecule has 2 N–H and O–H groups in total. The molecule has 1 atom stereocenters. The molecule has 0 aliphatic carbocycles. The highest BCUT2D eigenvalue weighted by atomic mass is 19.1. The summed E-state index contributed by atoms with van der Waals surface area (Å²) >= 11 is 0. The Balaban J connectivity index is 1.69. The van der Waals surface area contributed by atoms with Crippen LogP contribution in [0.15, 0.2) is 48.8 Å². The van der Waals surface area contributed by atoms with Crippen LogP contribution in [0.1, 0.15) is 26.3 Å². The van der Waals surface area contributed by atoms with Gasteiger partial charge in [-0.25, -0.2) is 13.6 Å². The summed E-state index contributed by atoms with van der Waals surface area (Å²) in [7, 11) is 0. The lowest BCUT2D eigenvalue weighted by molar-refractivity contribution is -0.118. The first-order valence-electron chi connectivity index (χ1n) is 11.1. The molecule has 0 radical (unpaired) electrons. The van der Waals surface area contributed by atoms with Crippen LogP contribution in [0.5, 0.6) is 0 Å². The number of aliphatic hydroxyl groups is 1. The maximum absolute atomic E-state index is 14.2. The number of carbonyl (C=O) groups is 2. The molecule has 2 amide bonds. The average molecular weight is 485 g/mol. The first kappa shape index (κ1) is 24.3. The minimum Gasteiger partial charge on any atom is -0.465 e. The highest BCUT2D eigenvalue weighted by Gasteiger charge is 2.35. The van der Waals surface area contributed by atoms with E-state index >= 15 is 0 Å². The van der Waals surface area contributed by atoms with Crippen molar-refractivity contribution >= 4 is 23.4 Å². The van der Waals surface area contributed by atoms with Gasteiger partial charge in [0.25, 0.3) is 0 Å². The topological polar surface area (TPSA) is 98.9 Å². The first-order valence-corrected chi connectivity index (χ1v) is 11.1. The van der Waals surface area contributed by atoms with Crippen LogP contribution in [0.4, 0.5) is 25.0 Å². The second kappa shape index (κ2) is 9.10. The summed E-state index contributed by atoms with van der Waals surface area (Å²) in [5.41, 5.74) is 1.19. The molecule has 2 heterocycles.